The predicted octanol–water partition coefficient (Wildman–Crippen LogP) is 1.85. The lowest BCUT2D eigenvalue weighted by molar-refractivity contribution is 0.0748. The van der Waals surface area contributed by atoms with E-state index in [0.29, 0.717) is 0 Å². The Morgan fingerprint density at radius 2 is 1.83 bits per heavy atom. The second-order valence-corrected chi connectivity index (χ2v) is 6.27. The van der Waals surface area contributed by atoms with E-state index in [9.17, 15) is 5.11 Å². The van der Waals surface area contributed by atoms with Gasteiger partial charge in [-0.05, 0) is 31.2 Å². The van der Waals surface area contributed by atoms with Crippen LogP contribution in [0.3, 0.4) is 0 Å². The van der Waals surface area contributed by atoms with Gasteiger partial charge in [0.2, 0.25) is 5.89 Å². The van der Waals surface area contributed by atoms with Gasteiger partial charge in [-0.25, -0.2) is 4.98 Å². The van der Waals surface area contributed by atoms with Gasteiger partial charge in [0.15, 0.2) is 5.76 Å². The second kappa shape index (κ2) is 7.79. The van der Waals surface area contributed by atoms with Crippen molar-refractivity contribution in [2.45, 2.75) is 19.6 Å². The van der Waals surface area contributed by atoms with Gasteiger partial charge in [0.25, 0.3) is 0 Å². The first-order valence-corrected chi connectivity index (χ1v) is 8.36. The van der Waals surface area contributed by atoms with Crippen molar-refractivity contribution in [2.24, 2.45) is 0 Å². The molecule has 1 aromatic heterocycles. The van der Waals surface area contributed by atoms with Gasteiger partial charge in [-0.15, -0.1) is 0 Å². The maximum Gasteiger partial charge on any atom is 0.209 e. The Kier molecular flexibility index (Phi) is 5.50. The molecule has 24 heavy (non-hydrogen) atoms. The summed E-state index contributed by atoms with van der Waals surface area (Å²) >= 11 is 0. The van der Waals surface area contributed by atoms with Gasteiger partial charge >= 0.3 is 0 Å². The quantitative estimate of drug-likeness (QED) is 0.872. The van der Waals surface area contributed by atoms with Gasteiger partial charge in [0, 0.05) is 38.3 Å². The van der Waals surface area contributed by atoms with Crippen LogP contribution in [-0.2, 0) is 6.54 Å². The molecule has 1 atom stereocenters. The highest BCUT2D eigenvalue weighted by atomic mass is 16.5. The summed E-state index contributed by atoms with van der Waals surface area (Å²) in [4.78, 5) is 9.03. The van der Waals surface area contributed by atoms with Crippen LogP contribution in [0.1, 0.15) is 12.8 Å². The number of benzene rings is 1. The summed E-state index contributed by atoms with van der Waals surface area (Å²) in [5, 5.41) is 9.46. The lowest BCUT2D eigenvalue weighted by Gasteiger charge is -2.34. The van der Waals surface area contributed by atoms with Crippen LogP contribution in [-0.4, -0.2) is 65.8 Å². The van der Waals surface area contributed by atoms with Crippen LogP contribution in [0.4, 0.5) is 0 Å². The molecule has 1 aliphatic heterocycles. The van der Waals surface area contributed by atoms with E-state index in [2.05, 4.69) is 14.8 Å². The Balaban J connectivity index is 1.54. The Morgan fingerprint density at radius 1 is 1.17 bits per heavy atom. The van der Waals surface area contributed by atoms with Crippen LogP contribution >= 0.6 is 0 Å². The largest absolute Gasteiger partial charge is 0.497 e. The number of hydrogen-bond donors (Lipinski definition) is 1. The van der Waals surface area contributed by atoms with Gasteiger partial charge < -0.3 is 14.3 Å². The normalized spacial score (nSPS) is 17.8. The standard InChI is InChI=1S/C18H25N3O3/c1-14(22)12-20-7-9-21(10-8-20)13-18-19-11-17(24-18)15-3-5-16(23-2)6-4-15/h3-6,11,14,22H,7-10,12-13H2,1-2H3/t14-/m1/s1. The minimum atomic E-state index is -0.268. The number of ether oxygens (including phenoxy) is 1. The van der Waals surface area contributed by atoms with E-state index in [-0.39, 0.29) is 6.10 Å². The number of aromatic nitrogens is 1. The zero-order valence-electron chi connectivity index (χ0n) is 14.3. The summed E-state index contributed by atoms with van der Waals surface area (Å²) in [6.07, 6.45) is 1.51. The molecule has 0 bridgehead atoms. The van der Waals surface area contributed by atoms with Crippen molar-refractivity contribution in [1.29, 1.82) is 0 Å². The maximum absolute atomic E-state index is 9.46. The minimum absolute atomic E-state index is 0.268. The molecule has 130 valence electrons. The number of hydrogen-bond acceptors (Lipinski definition) is 6. The summed E-state index contributed by atoms with van der Waals surface area (Å²) in [6.45, 7) is 7.17. The highest BCUT2D eigenvalue weighted by Gasteiger charge is 2.19. The van der Waals surface area contributed by atoms with E-state index in [0.717, 1.165) is 62.2 Å². The Labute approximate surface area is 142 Å². The van der Waals surface area contributed by atoms with Crippen LogP contribution in [0.5, 0.6) is 5.75 Å². The van der Waals surface area contributed by atoms with E-state index in [1.165, 1.54) is 0 Å². The van der Waals surface area contributed by atoms with Crippen LogP contribution in [0.25, 0.3) is 11.3 Å². The SMILES string of the molecule is COc1ccc(-c2cnc(CN3CCN(C[C@@H](C)O)CC3)o2)cc1. The fraction of sp³-hybridized carbons (Fsp3) is 0.500. The van der Waals surface area contributed by atoms with Crippen LogP contribution in [0.2, 0.25) is 0 Å². The molecule has 1 N–H and O–H groups in total. The summed E-state index contributed by atoms with van der Waals surface area (Å²) in [5.41, 5.74) is 0.997. The fourth-order valence-corrected chi connectivity index (χ4v) is 2.97. The van der Waals surface area contributed by atoms with Gasteiger partial charge in [-0.3, -0.25) is 9.80 Å². The Morgan fingerprint density at radius 3 is 2.46 bits per heavy atom. The monoisotopic (exact) mass is 331 g/mol. The lowest BCUT2D eigenvalue weighted by atomic mass is 10.2. The third kappa shape index (κ3) is 4.35. The van der Waals surface area contributed by atoms with Gasteiger partial charge in [0.05, 0.1) is 26.0 Å². The zero-order valence-corrected chi connectivity index (χ0v) is 14.3. The molecule has 1 saturated heterocycles. The van der Waals surface area contributed by atoms with Crippen molar-refractivity contribution >= 4 is 0 Å². The molecule has 1 aromatic carbocycles. The molecule has 0 radical (unpaired) electrons. The van der Waals surface area contributed by atoms with Crippen molar-refractivity contribution in [3.63, 3.8) is 0 Å². The van der Waals surface area contributed by atoms with Crippen molar-refractivity contribution in [1.82, 2.24) is 14.8 Å². The highest BCUT2D eigenvalue weighted by Crippen LogP contribution is 2.23. The van der Waals surface area contributed by atoms with Gasteiger partial charge in [-0.1, -0.05) is 0 Å². The third-order valence-corrected chi connectivity index (χ3v) is 4.27. The molecule has 6 nitrogen and oxygen atoms in total. The predicted molar refractivity (Wildman–Crippen MR) is 91.9 cm³/mol. The average Bonchev–Trinajstić information content (AvgIpc) is 3.05. The zero-order chi connectivity index (χ0) is 16.9. The third-order valence-electron chi connectivity index (χ3n) is 4.27. The minimum Gasteiger partial charge on any atom is -0.497 e. The highest BCUT2D eigenvalue weighted by molar-refractivity contribution is 5.57. The lowest BCUT2D eigenvalue weighted by Crippen LogP contribution is -2.47. The number of oxazole rings is 1. The summed E-state index contributed by atoms with van der Waals surface area (Å²) in [7, 11) is 1.66. The molecule has 0 spiro atoms. The Hall–Kier alpha value is -1.89. The van der Waals surface area contributed by atoms with Gasteiger partial charge in [0.1, 0.15) is 5.75 Å². The van der Waals surface area contributed by atoms with E-state index < -0.39 is 0 Å². The fourth-order valence-electron chi connectivity index (χ4n) is 2.97. The number of aliphatic hydroxyl groups is 1. The second-order valence-electron chi connectivity index (χ2n) is 6.27. The number of β-amino-alcohol motifs (C(OH)–C–C–N with tert-alkyl or cyclic N) is 1. The van der Waals surface area contributed by atoms with Crippen LogP contribution < -0.4 is 4.74 Å². The molecule has 0 saturated carbocycles. The molecule has 0 amide bonds. The number of aliphatic hydroxyl groups excluding tert-OH is 1. The smallest absolute Gasteiger partial charge is 0.209 e. The van der Waals surface area contributed by atoms with Gasteiger partial charge in [-0.2, -0.15) is 0 Å². The Bertz CT molecular complexity index is 631. The van der Waals surface area contributed by atoms with E-state index >= 15 is 0 Å². The molecule has 0 aliphatic carbocycles. The first-order valence-electron chi connectivity index (χ1n) is 8.36. The van der Waals surface area contributed by atoms with Crippen LogP contribution in [0, 0.1) is 0 Å². The molecule has 2 heterocycles. The summed E-state index contributed by atoms with van der Waals surface area (Å²) in [6, 6.07) is 7.77. The molecule has 0 unspecified atom stereocenters. The van der Waals surface area contributed by atoms with Crippen molar-refractivity contribution in [3.8, 4) is 17.1 Å². The van der Waals surface area contributed by atoms with Crippen LogP contribution in [0.15, 0.2) is 34.9 Å². The number of rotatable bonds is 6. The number of methoxy groups -OCH3 is 1. The summed E-state index contributed by atoms with van der Waals surface area (Å²) < 4.78 is 11.1. The molecular formula is C18H25N3O3. The number of piperazine rings is 1. The number of nitrogens with zero attached hydrogens (tertiary/aromatic N) is 3. The topological polar surface area (TPSA) is 62.0 Å². The van der Waals surface area contributed by atoms with E-state index in [4.69, 9.17) is 9.15 Å². The molecule has 2 aromatic rings. The van der Waals surface area contributed by atoms with E-state index in [1.807, 2.05) is 31.2 Å². The van der Waals surface area contributed by atoms with E-state index in [1.54, 1.807) is 13.3 Å². The summed E-state index contributed by atoms with van der Waals surface area (Å²) in [5.74, 6) is 2.35. The molecule has 6 heteroatoms. The molecule has 3 rings (SSSR count). The first-order chi connectivity index (χ1) is 11.6. The first kappa shape index (κ1) is 17.0. The van der Waals surface area contributed by atoms with Crippen molar-refractivity contribution in [3.05, 3.63) is 36.4 Å². The maximum atomic E-state index is 9.46. The molecule has 1 fully saturated rings. The van der Waals surface area contributed by atoms with Crippen molar-refractivity contribution < 1.29 is 14.3 Å². The molecular weight excluding hydrogens is 306 g/mol. The van der Waals surface area contributed by atoms with Crippen molar-refractivity contribution in [2.75, 3.05) is 39.8 Å². The average molecular weight is 331 g/mol. The molecule has 1 aliphatic rings.